The predicted molar refractivity (Wildman–Crippen MR) is 97.2 cm³/mol. The van der Waals surface area contributed by atoms with Crippen LogP contribution in [0.5, 0.6) is 0 Å². The molecule has 0 saturated carbocycles. The van der Waals surface area contributed by atoms with Crippen LogP contribution in [0, 0.1) is 5.82 Å². The van der Waals surface area contributed by atoms with Crippen molar-refractivity contribution in [3.8, 4) is 0 Å². The Morgan fingerprint density at radius 3 is 2.79 bits per heavy atom. The Labute approximate surface area is 147 Å². The fourth-order valence-corrected chi connectivity index (χ4v) is 3.71. The molecule has 0 saturated heterocycles. The lowest BCUT2D eigenvalue weighted by molar-refractivity contribution is 0.617. The maximum atomic E-state index is 13.9. The zero-order valence-electron chi connectivity index (χ0n) is 12.7. The molecule has 0 fully saturated rings. The molecule has 24 heavy (non-hydrogen) atoms. The van der Waals surface area contributed by atoms with Crippen LogP contribution in [0.2, 0.25) is 5.02 Å². The SMILES string of the molecule is C=CCn1c(SCc2c(F)cccc2Cl)nc2ccccc2c1=O. The second kappa shape index (κ2) is 7.20. The summed E-state index contributed by atoms with van der Waals surface area (Å²) in [6.07, 6.45) is 1.64. The standard InChI is InChI=1S/C18H14ClFN2OS/c1-2-10-22-17(23)12-6-3-4-9-16(12)21-18(22)24-11-13-14(19)7-5-8-15(13)20/h2-9H,1,10-11H2. The quantitative estimate of drug-likeness (QED) is 0.377. The molecule has 3 aromatic rings. The zero-order valence-corrected chi connectivity index (χ0v) is 14.3. The summed E-state index contributed by atoms with van der Waals surface area (Å²) in [5.41, 5.74) is 0.879. The molecule has 0 unspecified atom stereocenters. The first kappa shape index (κ1) is 16.7. The van der Waals surface area contributed by atoms with E-state index in [1.165, 1.54) is 22.4 Å². The molecule has 0 aliphatic heterocycles. The molecule has 1 heterocycles. The van der Waals surface area contributed by atoms with Crippen LogP contribution in [0.15, 0.2) is 65.1 Å². The molecule has 0 spiro atoms. The van der Waals surface area contributed by atoms with E-state index in [1.54, 1.807) is 36.4 Å². The van der Waals surface area contributed by atoms with Crippen molar-refractivity contribution in [1.29, 1.82) is 0 Å². The van der Waals surface area contributed by atoms with Gasteiger partial charge in [0.2, 0.25) is 0 Å². The van der Waals surface area contributed by atoms with Gasteiger partial charge in [0.15, 0.2) is 5.16 Å². The molecule has 0 amide bonds. The van der Waals surface area contributed by atoms with Gasteiger partial charge in [-0.15, -0.1) is 6.58 Å². The molecule has 0 aliphatic carbocycles. The van der Waals surface area contributed by atoms with E-state index in [-0.39, 0.29) is 17.1 Å². The van der Waals surface area contributed by atoms with Crippen LogP contribution in [0.25, 0.3) is 10.9 Å². The molecular weight excluding hydrogens is 347 g/mol. The average Bonchev–Trinajstić information content (AvgIpc) is 2.57. The highest BCUT2D eigenvalue weighted by molar-refractivity contribution is 7.98. The first-order chi connectivity index (χ1) is 11.6. The molecule has 2 aromatic carbocycles. The van der Waals surface area contributed by atoms with Crippen LogP contribution in [-0.4, -0.2) is 9.55 Å². The molecule has 3 nitrogen and oxygen atoms in total. The Morgan fingerprint density at radius 1 is 1.25 bits per heavy atom. The number of aromatic nitrogens is 2. The maximum Gasteiger partial charge on any atom is 0.262 e. The minimum atomic E-state index is -0.367. The molecule has 1 aromatic heterocycles. The molecular formula is C18H14ClFN2OS. The molecule has 0 N–H and O–H groups in total. The van der Waals surface area contributed by atoms with Gasteiger partial charge >= 0.3 is 0 Å². The Bertz CT molecular complexity index is 951. The number of halogens is 2. The molecule has 0 radical (unpaired) electrons. The van der Waals surface area contributed by atoms with E-state index in [9.17, 15) is 9.18 Å². The highest BCUT2D eigenvalue weighted by atomic mass is 35.5. The minimum absolute atomic E-state index is 0.136. The van der Waals surface area contributed by atoms with Crippen molar-refractivity contribution in [2.45, 2.75) is 17.5 Å². The number of benzene rings is 2. The van der Waals surface area contributed by atoms with E-state index in [2.05, 4.69) is 11.6 Å². The summed E-state index contributed by atoms with van der Waals surface area (Å²) in [6.45, 7) is 4.02. The summed E-state index contributed by atoms with van der Waals surface area (Å²) in [7, 11) is 0. The number of fused-ring (bicyclic) bond motifs is 1. The molecule has 3 rings (SSSR count). The summed E-state index contributed by atoms with van der Waals surface area (Å²) in [5.74, 6) is -0.0821. The van der Waals surface area contributed by atoms with Crippen LogP contribution >= 0.6 is 23.4 Å². The minimum Gasteiger partial charge on any atom is -0.283 e. The monoisotopic (exact) mass is 360 g/mol. The zero-order chi connectivity index (χ0) is 17.1. The van der Waals surface area contributed by atoms with E-state index < -0.39 is 0 Å². The van der Waals surface area contributed by atoms with Gasteiger partial charge in [0.25, 0.3) is 5.56 Å². The van der Waals surface area contributed by atoms with Crippen LogP contribution in [0.1, 0.15) is 5.56 Å². The third kappa shape index (κ3) is 3.23. The molecule has 6 heteroatoms. The van der Waals surface area contributed by atoms with Crippen LogP contribution in [-0.2, 0) is 12.3 Å². The van der Waals surface area contributed by atoms with Gasteiger partial charge in [-0.2, -0.15) is 0 Å². The Hall–Kier alpha value is -2.11. The Balaban J connectivity index is 2.03. The van der Waals surface area contributed by atoms with Crippen molar-refractivity contribution in [2.24, 2.45) is 0 Å². The third-order valence-electron chi connectivity index (χ3n) is 3.55. The highest BCUT2D eigenvalue weighted by Crippen LogP contribution is 2.28. The summed E-state index contributed by atoms with van der Waals surface area (Å²) in [6, 6.07) is 11.7. The summed E-state index contributed by atoms with van der Waals surface area (Å²) >= 11 is 7.34. The number of para-hydroxylation sites is 1. The fraction of sp³-hybridized carbons (Fsp3) is 0.111. The Kier molecular flexibility index (Phi) is 5.02. The van der Waals surface area contributed by atoms with Crippen molar-refractivity contribution in [3.63, 3.8) is 0 Å². The number of rotatable bonds is 5. The average molecular weight is 361 g/mol. The van der Waals surface area contributed by atoms with E-state index in [1.807, 2.05) is 6.07 Å². The van der Waals surface area contributed by atoms with Crippen molar-refractivity contribution >= 4 is 34.3 Å². The molecule has 122 valence electrons. The summed E-state index contributed by atoms with van der Waals surface area (Å²) in [5, 5.41) is 1.42. The van der Waals surface area contributed by atoms with Gasteiger partial charge in [0.05, 0.1) is 10.9 Å². The van der Waals surface area contributed by atoms with Crippen molar-refractivity contribution in [2.75, 3.05) is 0 Å². The summed E-state index contributed by atoms with van der Waals surface area (Å²) < 4.78 is 15.5. The lowest BCUT2D eigenvalue weighted by Gasteiger charge is -2.12. The van der Waals surface area contributed by atoms with Crippen molar-refractivity contribution < 1.29 is 4.39 Å². The van der Waals surface area contributed by atoms with Crippen molar-refractivity contribution in [3.05, 3.63) is 81.9 Å². The first-order valence-electron chi connectivity index (χ1n) is 7.28. The number of nitrogens with zero attached hydrogens (tertiary/aromatic N) is 2. The van der Waals surface area contributed by atoms with Gasteiger partial charge in [-0.05, 0) is 24.3 Å². The normalized spacial score (nSPS) is 10.9. The Morgan fingerprint density at radius 2 is 2.04 bits per heavy atom. The fourth-order valence-electron chi connectivity index (χ4n) is 2.35. The van der Waals surface area contributed by atoms with Crippen LogP contribution in [0.3, 0.4) is 0 Å². The molecule has 0 atom stereocenters. The van der Waals surface area contributed by atoms with Crippen LogP contribution < -0.4 is 5.56 Å². The number of allylic oxidation sites excluding steroid dienone is 1. The van der Waals surface area contributed by atoms with E-state index in [0.717, 1.165) is 0 Å². The van der Waals surface area contributed by atoms with Crippen LogP contribution in [0.4, 0.5) is 4.39 Å². The van der Waals surface area contributed by atoms with Gasteiger partial charge in [-0.3, -0.25) is 9.36 Å². The predicted octanol–water partition coefficient (Wildman–Crippen LogP) is 4.67. The number of hydrogen-bond acceptors (Lipinski definition) is 3. The topological polar surface area (TPSA) is 34.9 Å². The second-order valence-corrected chi connectivity index (χ2v) is 6.45. The van der Waals surface area contributed by atoms with E-state index >= 15 is 0 Å². The van der Waals surface area contributed by atoms with Gasteiger partial charge in [0, 0.05) is 22.9 Å². The molecule has 0 aliphatic rings. The summed E-state index contributed by atoms with van der Waals surface area (Å²) in [4.78, 5) is 17.2. The molecule has 0 bridgehead atoms. The maximum absolute atomic E-state index is 13.9. The van der Waals surface area contributed by atoms with Gasteiger partial charge in [0.1, 0.15) is 5.82 Å². The largest absolute Gasteiger partial charge is 0.283 e. The van der Waals surface area contributed by atoms with Gasteiger partial charge < -0.3 is 0 Å². The van der Waals surface area contributed by atoms with Gasteiger partial charge in [-0.1, -0.05) is 47.6 Å². The smallest absolute Gasteiger partial charge is 0.262 e. The third-order valence-corrected chi connectivity index (χ3v) is 4.90. The van der Waals surface area contributed by atoms with Gasteiger partial charge in [-0.25, -0.2) is 9.37 Å². The van der Waals surface area contributed by atoms with E-state index in [0.29, 0.717) is 33.2 Å². The second-order valence-electron chi connectivity index (χ2n) is 5.10. The lowest BCUT2D eigenvalue weighted by Crippen LogP contribution is -2.22. The first-order valence-corrected chi connectivity index (χ1v) is 8.64. The number of thioether (sulfide) groups is 1. The highest BCUT2D eigenvalue weighted by Gasteiger charge is 2.13. The lowest BCUT2D eigenvalue weighted by atomic mass is 10.2. The van der Waals surface area contributed by atoms with Crippen molar-refractivity contribution in [1.82, 2.24) is 9.55 Å². The number of hydrogen-bond donors (Lipinski definition) is 0. The van der Waals surface area contributed by atoms with E-state index in [4.69, 9.17) is 11.6 Å².